The fourth-order valence-corrected chi connectivity index (χ4v) is 4.39. The third kappa shape index (κ3) is 4.43. The van der Waals surface area contributed by atoms with Crippen molar-refractivity contribution in [3.05, 3.63) is 47.7 Å². The van der Waals surface area contributed by atoms with Crippen LogP contribution in [0.4, 0.5) is 0 Å². The van der Waals surface area contributed by atoms with Gasteiger partial charge in [0.1, 0.15) is 11.5 Å². The summed E-state index contributed by atoms with van der Waals surface area (Å²) in [4.78, 5) is 4.71. The van der Waals surface area contributed by atoms with Gasteiger partial charge in [0.15, 0.2) is 0 Å². The highest BCUT2D eigenvalue weighted by molar-refractivity contribution is 5.57. The highest BCUT2D eigenvalue weighted by atomic mass is 16.3. The molecule has 2 saturated heterocycles. The van der Waals surface area contributed by atoms with Gasteiger partial charge in [0.05, 0.1) is 12.2 Å². The van der Waals surface area contributed by atoms with Crippen LogP contribution in [0.15, 0.2) is 40.8 Å². The SMILES string of the molecule is Cc1ccc(-c2ccc(CN3CC[C@@H](N4CCC(O)CC4)[C@H](O)C3)cc2)o1. The van der Waals surface area contributed by atoms with Crippen LogP contribution in [-0.2, 0) is 6.54 Å². The third-order valence-electron chi connectivity index (χ3n) is 5.98. The molecule has 0 bridgehead atoms. The fourth-order valence-electron chi connectivity index (χ4n) is 4.39. The first-order chi connectivity index (χ1) is 13.1. The van der Waals surface area contributed by atoms with Crippen LogP contribution in [-0.4, -0.2) is 64.4 Å². The largest absolute Gasteiger partial charge is 0.461 e. The van der Waals surface area contributed by atoms with Gasteiger partial charge in [0, 0.05) is 44.3 Å². The van der Waals surface area contributed by atoms with Gasteiger partial charge in [0.2, 0.25) is 0 Å². The number of nitrogens with zero attached hydrogens (tertiary/aromatic N) is 2. The molecule has 2 aromatic rings. The molecule has 5 heteroatoms. The van der Waals surface area contributed by atoms with Crippen molar-refractivity contribution in [2.24, 2.45) is 0 Å². The predicted molar refractivity (Wildman–Crippen MR) is 105 cm³/mol. The minimum Gasteiger partial charge on any atom is -0.461 e. The van der Waals surface area contributed by atoms with Crippen LogP contribution in [0.1, 0.15) is 30.6 Å². The smallest absolute Gasteiger partial charge is 0.134 e. The number of furan rings is 1. The van der Waals surface area contributed by atoms with Gasteiger partial charge in [-0.3, -0.25) is 9.80 Å². The summed E-state index contributed by atoms with van der Waals surface area (Å²) in [5.41, 5.74) is 2.35. The molecule has 0 spiro atoms. The molecule has 4 rings (SSSR count). The molecule has 0 amide bonds. The number of likely N-dealkylation sites (tertiary alicyclic amines) is 2. The molecule has 2 N–H and O–H groups in total. The number of rotatable bonds is 4. The maximum absolute atomic E-state index is 10.7. The lowest BCUT2D eigenvalue weighted by molar-refractivity contribution is -0.0355. The number of aliphatic hydroxyl groups excluding tert-OH is 2. The zero-order valence-electron chi connectivity index (χ0n) is 16.1. The van der Waals surface area contributed by atoms with Crippen molar-refractivity contribution >= 4 is 0 Å². The van der Waals surface area contributed by atoms with E-state index in [0.29, 0.717) is 6.54 Å². The van der Waals surface area contributed by atoms with E-state index in [1.54, 1.807) is 0 Å². The Morgan fingerprint density at radius 2 is 1.70 bits per heavy atom. The first kappa shape index (κ1) is 18.7. The summed E-state index contributed by atoms with van der Waals surface area (Å²) in [6.45, 7) is 6.33. The van der Waals surface area contributed by atoms with Crippen molar-refractivity contribution in [2.75, 3.05) is 26.2 Å². The molecule has 0 unspecified atom stereocenters. The molecule has 3 heterocycles. The second kappa shape index (κ2) is 8.15. The van der Waals surface area contributed by atoms with Crippen LogP contribution in [0.25, 0.3) is 11.3 Å². The van der Waals surface area contributed by atoms with Gasteiger partial charge in [-0.15, -0.1) is 0 Å². The Labute approximate surface area is 161 Å². The summed E-state index contributed by atoms with van der Waals surface area (Å²) in [7, 11) is 0. The zero-order valence-corrected chi connectivity index (χ0v) is 16.1. The highest BCUT2D eigenvalue weighted by Crippen LogP contribution is 2.25. The molecule has 0 radical (unpaired) electrons. The van der Waals surface area contributed by atoms with Crippen molar-refractivity contribution in [2.45, 2.75) is 51.0 Å². The molecule has 2 atom stereocenters. The van der Waals surface area contributed by atoms with Crippen molar-refractivity contribution in [3.63, 3.8) is 0 Å². The minimum atomic E-state index is -0.320. The maximum atomic E-state index is 10.7. The summed E-state index contributed by atoms with van der Waals surface area (Å²) in [6.07, 6.45) is 2.16. The van der Waals surface area contributed by atoms with Crippen LogP contribution in [0.5, 0.6) is 0 Å². The van der Waals surface area contributed by atoms with Crippen LogP contribution in [0, 0.1) is 6.92 Å². The third-order valence-corrected chi connectivity index (χ3v) is 5.98. The predicted octanol–water partition coefficient (Wildman–Crippen LogP) is 2.65. The Kier molecular flexibility index (Phi) is 5.64. The number of hydrogen-bond acceptors (Lipinski definition) is 5. The maximum Gasteiger partial charge on any atom is 0.134 e. The van der Waals surface area contributed by atoms with Crippen LogP contribution < -0.4 is 0 Å². The Balaban J connectivity index is 1.32. The molecule has 27 heavy (non-hydrogen) atoms. The van der Waals surface area contributed by atoms with Crippen LogP contribution in [0.2, 0.25) is 0 Å². The Bertz CT molecular complexity index is 734. The van der Waals surface area contributed by atoms with Crippen LogP contribution in [0.3, 0.4) is 0 Å². The van der Waals surface area contributed by atoms with E-state index in [-0.39, 0.29) is 18.2 Å². The molecule has 1 aromatic carbocycles. The van der Waals surface area contributed by atoms with E-state index in [1.807, 2.05) is 19.1 Å². The molecule has 2 aliphatic heterocycles. The molecule has 1 aromatic heterocycles. The Morgan fingerprint density at radius 1 is 0.963 bits per heavy atom. The van der Waals surface area contributed by atoms with E-state index in [1.165, 1.54) is 5.56 Å². The lowest BCUT2D eigenvalue weighted by Crippen LogP contribution is -2.55. The average Bonchev–Trinajstić information content (AvgIpc) is 3.10. The summed E-state index contributed by atoms with van der Waals surface area (Å²) in [5.74, 6) is 1.83. The first-order valence-electron chi connectivity index (χ1n) is 10.1. The molecule has 0 aliphatic carbocycles. The van der Waals surface area contributed by atoms with Gasteiger partial charge in [-0.2, -0.15) is 0 Å². The van der Waals surface area contributed by atoms with Crippen molar-refractivity contribution in [3.8, 4) is 11.3 Å². The number of aryl methyl sites for hydroxylation is 1. The summed E-state index contributed by atoms with van der Waals surface area (Å²) >= 11 is 0. The standard InChI is InChI=1S/C22H30N2O3/c1-16-2-7-22(27-16)18-5-3-17(4-6-18)14-23-11-10-20(21(26)15-23)24-12-8-19(25)9-13-24/h2-7,19-21,25-26H,8-15H2,1H3/t20-,21-/m1/s1. The van der Waals surface area contributed by atoms with Gasteiger partial charge in [-0.05, 0) is 43.9 Å². The van der Waals surface area contributed by atoms with E-state index in [4.69, 9.17) is 4.42 Å². The fraction of sp³-hybridized carbons (Fsp3) is 0.545. The van der Waals surface area contributed by atoms with E-state index in [9.17, 15) is 10.2 Å². The van der Waals surface area contributed by atoms with E-state index < -0.39 is 0 Å². The quantitative estimate of drug-likeness (QED) is 0.866. The van der Waals surface area contributed by atoms with Gasteiger partial charge >= 0.3 is 0 Å². The monoisotopic (exact) mass is 370 g/mol. The summed E-state index contributed by atoms with van der Waals surface area (Å²) in [6, 6.07) is 12.7. The number of piperidine rings is 2. The number of aliphatic hydroxyl groups is 2. The number of hydrogen-bond donors (Lipinski definition) is 2. The van der Waals surface area contributed by atoms with Crippen molar-refractivity contribution < 1.29 is 14.6 Å². The molecule has 2 fully saturated rings. The lowest BCUT2D eigenvalue weighted by atomic mass is 9.96. The van der Waals surface area contributed by atoms with Gasteiger partial charge in [-0.25, -0.2) is 0 Å². The number of benzene rings is 1. The molecule has 0 saturated carbocycles. The Morgan fingerprint density at radius 3 is 2.33 bits per heavy atom. The van der Waals surface area contributed by atoms with Crippen molar-refractivity contribution in [1.82, 2.24) is 9.80 Å². The topological polar surface area (TPSA) is 60.1 Å². The number of β-amino-alcohol motifs (C(OH)–C–C–N with tert-alkyl or cyclic N) is 1. The zero-order chi connectivity index (χ0) is 18.8. The average molecular weight is 370 g/mol. The van der Waals surface area contributed by atoms with E-state index in [0.717, 1.165) is 62.5 Å². The van der Waals surface area contributed by atoms with E-state index >= 15 is 0 Å². The summed E-state index contributed by atoms with van der Waals surface area (Å²) in [5, 5.41) is 20.4. The Hall–Kier alpha value is -1.66. The molecule has 2 aliphatic rings. The highest BCUT2D eigenvalue weighted by Gasteiger charge is 2.33. The first-order valence-corrected chi connectivity index (χ1v) is 10.1. The van der Waals surface area contributed by atoms with Crippen molar-refractivity contribution in [1.29, 1.82) is 0 Å². The molecule has 146 valence electrons. The van der Waals surface area contributed by atoms with Gasteiger partial charge in [0.25, 0.3) is 0 Å². The second-order valence-electron chi connectivity index (χ2n) is 8.03. The molecular weight excluding hydrogens is 340 g/mol. The van der Waals surface area contributed by atoms with Gasteiger partial charge in [-0.1, -0.05) is 24.3 Å². The van der Waals surface area contributed by atoms with Crippen LogP contribution >= 0.6 is 0 Å². The van der Waals surface area contributed by atoms with Gasteiger partial charge < -0.3 is 14.6 Å². The molecular formula is C22H30N2O3. The normalized spacial score (nSPS) is 25.7. The summed E-state index contributed by atoms with van der Waals surface area (Å²) < 4.78 is 5.69. The lowest BCUT2D eigenvalue weighted by Gasteiger charge is -2.43. The van der Waals surface area contributed by atoms with E-state index in [2.05, 4.69) is 34.1 Å². The molecule has 5 nitrogen and oxygen atoms in total. The minimum absolute atomic E-state index is 0.161. The second-order valence-corrected chi connectivity index (χ2v) is 8.03.